The lowest BCUT2D eigenvalue weighted by atomic mass is 10.1. The van der Waals surface area contributed by atoms with Crippen LogP contribution in [-0.4, -0.2) is 19.2 Å². The fourth-order valence-electron chi connectivity index (χ4n) is 1.52. The quantitative estimate of drug-likeness (QED) is 0.610. The summed E-state index contributed by atoms with van der Waals surface area (Å²) >= 11 is 0. The lowest BCUT2D eigenvalue weighted by Gasteiger charge is -2.13. The van der Waals surface area contributed by atoms with Crippen molar-refractivity contribution in [2.24, 2.45) is 5.73 Å². The lowest BCUT2D eigenvalue weighted by Crippen LogP contribution is -2.17. The maximum absolute atomic E-state index is 13.1. The highest BCUT2D eigenvalue weighted by Crippen LogP contribution is 2.24. The third-order valence-electron chi connectivity index (χ3n) is 2.57. The third-order valence-corrected chi connectivity index (χ3v) is 2.57. The van der Waals surface area contributed by atoms with E-state index in [1.165, 1.54) is 12.1 Å². The molecular weight excluding hydrogens is 249 g/mol. The van der Waals surface area contributed by atoms with Crippen LogP contribution in [0.15, 0.2) is 18.2 Å². The van der Waals surface area contributed by atoms with E-state index in [1.807, 2.05) is 6.92 Å². The zero-order valence-electron chi connectivity index (χ0n) is 11.3. The van der Waals surface area contributed by atoms with Crippen LogP contribution in [0.2, 0.25) is 0 Å². The molecule has 0 amide bonds. The van der Waals surface area contributed by atoms with Crippen LogP contribution >= 0.6 is 0 Å². The minimum Gasteiger partial charge on any atom is -0.481 e. The standard InChI is InChI=1S/C14H20FNO3/c1-3-4-7-18-14(17)9-19-13-8-11(15)5-6-12(13)10(2)16/h5-6,8,10H,3-4,7,9,16H2,1-2H3. The van der Waals surface area contributed by atoms with E-state index in [1.54, 1.807) is 13.0 Å². The molecule has 0 bridgehead atoms. The molecule has 0 aliphatic carbocycles. The van der Waals surface area contributed by atoms with E-state index in [0.717, 1.165) is 12.8 Å². The fourth-order valence-corrected chi connectivity index (χ4v) is 1.52. The van der Waals surface area contributed by atoms with E-state index in [-0.39, 0.29) is 18.4 Å². The molecule has 0 saturated heterocycles. The van der Waals surface area contributed by atoms with Gasteiger partial charge in [-0.15, -0.1) is 0 Å². The molecule has 0 saturated carbocycles. The molecule has 106 valence electrons. The molecule has 0 fully saturated rings. The number of ether oxygens (including phenoxy) is 2. The van der Waals surface area contributed by atoms with Gasteiger partial charge in [-0.25, -0.2) is 9.18 Å². The minimum absolute atomic E-state index is 0.243. The largest absolute Gasteiger partial charge is 0.481 e. The van der Waals surface area contributed by atoms with E-state index < -0.39 is 11.8 Å². The zero-order chi connectivity index (χ0) is 14.3. The Morgan fingerprint density at radius 2 is 2.21 bits per heavy atom. The molecule has 4 nitrogen and oxygen atoms in total. The van der Waals surface area contributed by atoms with E-state index >= 15 is 0 Å². The summed E-state index contributed by atoms with van der Waals surface area (Å²) < 4.78 is 23.4. The van der Waals surface area contributed by atoms with Gasteiger partial charge in [-0.3, -0.25) is 0 Å². The van der Waals surface area contributed by atoms with E-state index in [2.05, 4.69) is 0 Å². The molecule has 2 N–H and O–H groups in total. The fraction of sp³-hybridized carbons (Fsp3) is 0.500. The Bertz CT molecular complexity index is 421. The normalized spacial score (nSPS) is 12.0. The summed E-state index contributed by atoms with van der Waals surface area (Å²) in [5.74, 6) is -0.616. The molecule has 1 aromatic rings. The number of carbonyl (C=O) groups excluding carboxylic acids is 1. The SMILES string of the molecule is CCCCOC(=O)COc1cc(F)ccc1C(C)N. The second kappa shape index (κ2) is 7.74. The van der Waals surface area contributed by atoms with Crippen LogP contribution in [0, 0.1) is 5.82 Å². The van der Waals surface area contributed by atoms with Crippen LogP contribution in [0.1, 0.15) is 38.3 Å². The van der Waals surface area contributed by atoms with Crippen molar-refractivity contribution in [2.45, 2.75) is 32.7 Å². The van der Waals surface area contributed by atoms with Gasteiger partial charge >= 0.3 is 5.97 Å². The first-order valence-corrected chi connectivity index (χ1v) is 6.38. The molecule has 19 heavy (non-hydrogen) atoms. The second-order valence-electron chi connectivity index (χ2n) is 4.33. The highest BCUT2D eigenvalue weighted by atomic mass is 19.1. The maximum Gasteiger partial charge on any atom is 0.344 e. The Kier molecular flexibility index (Phi) is 6.29. The maximum atomic E-state index is 13.1. The molecule has 0 radical (unpaired) electrons. The summed E-state index contributed by atoms with van der Waals surface area (Å²) in [7, 11) is 0. The van der Waals surface area contributed by atoms with Gasteiger partial charge in [0.25, 0.3) is 0 Å². The third kappa shape index (κ3) is 5.26. The first-order chi connectivity index (χ1) is 9.04. The van der Waals surface area contributed by atoms with Crippen LogP contribution in [-0.2, 0) is 9.53 Å². The van der Waals surface area contributed by atoms with E-state index in [4.69, 9.17) is 15.2 Å². The van der Waals surface area contributed by atoms with Gasteiger partial charge in [0.2, 0.25) is 0 Å². The number of halogens is 1. The smallest absolute Gasteiger partial charge is 0.344 e. The number of hydrogen-bond acceptors (Lipinski definition) is 4. The van der Waals surface area contributed by atoms with Crippen LogP contribution in [0.25, 0.3) is 0 Å². The van der Waals surface area contributed by atoms with Gasteiger partial charge in [0.15, 0.2) is 6.61 Å². The van der Waals surface area contributed by atoms with Crippen molar-refractivity contribution < 1.29 is 18.7 Å². The van der Waals surface area contributed by atoms with Crippen molar-refractivity contribution in [1.82, 2.24) is 0 Å². The Morgan fingerprint density at radius 1 is 1.47 bits per heavy atom. The summed E-state index contributed by atoms with van der Waals surface area (Å²) in [6.45, 7) is 3.90. The molecule has 0 aromatic heterocycles. The Balaban J connectivity index is 2.56. The number of esters is 1. The first-order valence-electron chi connectivity index (χ1n) is 6.38. The Hall–Kier alpha value is -1.62. The topological polar surface area (TPSA) is 61.5 Å². The van der Waals surface area contributed by atoms with Crippen molar-refractivity contribution in [2.75, 3.05) is 13.2 Å². The van der Waals surface area contributed by atoms with Gasteiger partial charge in [0.1, 0.15) is 11.6 Å². The summed E-state index contributed by atoms with van der Waals surface area (Å²) in [4.78, 5) is 11.4. The number of hydrogen-bond donors (Lipinski definition) is 1. The van der Waals surface area contributed by atoms with Crippen LogP contribution in [0.4, 0.5) is 4.39 Å². The van der Waals surface area contributed by atoms with Gasteiger partial charge in [-0.05, 0) is 19.4 Å². The summed E-state index contributed by atoms with van der Waals surface area (Å²) in [5, 5.41) is 0. The van der Waals surface area contributed by atoms with Gasteiger partial charge in [0, 0.05) is 17.7 Å². The predicted octanol–water partition coefficient (Wildman–Crippen LogP) is 2.57. The molecule has 0 aliphatic heterocycles. The summed E-state index contributed by atoms with van der Waals surface area (Å²) in [5.41, 5.74) is 6.41. The van der Waals surface area contributed by atoms with Gasteiger partial charge < -0.3 is 15.2 Å². The second-order valence-corrected chi connectivity index (χ2v) is 4.33. The minimum atomic E-state index is -0.465. The average molecular weight is 269 g/mol. The molecule has 1 rings (SSSR count). The van der Waals surface area contributed by atoms with Gasteiger partial charge in [0.05, 0.1) is 6.61 Å². The highest BCUT2D eigenvalue weighted by molar-refractivity contribution is 5.71. The number of benzene rings is 1. The van der Waals surface area contributed by atoms with Crippen molar-refractivity contribution in [1.29, 1.82) is 0 Å². The number of rotatable bonds is 7. The van der Waals surface area contributed by atoms with Gasteiger partial charge in [-0.2, -0.15) is 0 Å². The molecule has 1 atom stereocenters. The van der Waals surface area contributed by atoms with Gasteiger partial charge in [-0.1, -0.05) is 19.4 Å². The Morgan fingerprint density at radius 3 is 2.84 bits per heavy atom. The van der Waals surface area contributed by atoms with E-state index in [0.29, 0.717) is 12.2 Å². The first kappa shape index (κ1) is 15.4. The number of carbonyl (C=O) groups is 1. The molecule has 0 spiro atoms. The predicted molar refractivity (Wildman–Crippen MR) is 70.4 cm³/mol. The summed E-state index contributed by atoms with van der Waals surface area (Å²) in [6, 6.07) is 3.78. The average Bonchev–Trinajstić information content (AvgIpc) is 2.36. The summed E-state index contributed by atoms with van der Waals surface area (Å²) in [6.07, 6.45) is 1.77. The van der Waals surface area contributed by atoms with Crippen molar-refractivity contribution in [3.63, 3.8) is 0 Å². The highest BCUT2D eigenvalue weighted by Gasteiger charge is 2.11. The van der Waals surface area contributed by atoms with Crippen molar-refractivity contribution in [3.05, 3.63) is 29.6 Å². The van der Waals surface area contributed by atoms with Crippen LogP contribution < -0.4 is 10.5 Å². The Labute approximate surface area is 112 Å². The molecular formula is C14H20FNO3. The van der Waals surface area contributed by atoms with Crippen molar-refractivity contribution in [3.8, 4) is 5.75 Å². The van der Waals surface area contributed by atoms with Crippen LogP contribution in [0.5, 0.6) is 5.75 Å². The molecule has 0 heterocycles. The molecule has 1 aromatic carbocycles. The molecule has 5 heteroatoms. The van der Waals surface area contributed by atoms with Crippen molar-refractivity contribution >= 4 is 5.97 Å². The van der Waals surface area contributed by atoms with Crippen LogP contribution in [0.3, 0.4) is 0 Å². The zero-order valence-corrected chi connectivity index (χ0v) is 11.3. The molecule has 1 unspecified atom stereocenters. The molecule has 0 aliphatic rings. The monoisotopic (exact) mass is 269 g/mol. The number of nitrogens with two attached hydrogens (primary N) is 1. The van der Waals surface area contributed by atoms with E-state index in [9.17, 15) is 9.18 Å². The lowest BCUT2D eigenvalue weighted by molar-refractivity contribution is -0.146. The number of unbranched alkanes of at least 4 members (excludes halogenated alkanes) is 1.